The topological polar surface area (TPSA) is 74.5 Å². The molecule has 2 aliphatic rings. The van der Waals surface area contributed by atoms with Crippen LogP contribution in [0.1, 0.15) is 35.0 Å². The van der Waals surface area contributed by atoms with Crippen molar-refractivity contribution in [2.45, 2.75) is 38.9 Å². The number of rotatable bonds is 4. The Kier molecular flexibility index (Phi) is 5.11. The van der Waals surface area contributed by atoms with Crippen molar-refractivity contribution in [1.29, 1.82) is 0 Å². The monoisotopic (exact) mass is 479 g/mol. The summed E-state index contributed by atoms with van der Waals surface area (Å²) in [5, 5.41) is 5.96. The number of aromatic nitrogens is 2. The molecule has 5 rings (SSSR count). The third-order valence-electron chi connectivity index (χ3n) is 5.88. The molecule has 2 aliphatic heterocycles. The van der Waals surface area contributed by atoms with Crippen LogP contribution in [0.5, 0.6) is 0 Å². The zero-order chi connectivity index (χ0) is 21.5. The van der Waals surface area contributed by atoms with Crippen LogP contribution in [0.3, 0.4) is 0 Å². The number of amides is 1. The molecular weight excluding hydrogens is 458 g/mol. The molecule has 8 heteroatoms. The van der Waals surface area contributed by atoms with E-state index in [4.69, 9.17) is 4.52 Å². The van der Waals surface area contributed by atoms with Crippen molar-refractivity contribution in [3.63, 3.8) is 0 Å². The van der Waals surface area contributed by atoms with Gasteiger partial charge >= 0.3 is 0 Å². The summed E-state index contributed by atoms with van der Waals surface area (Å²) >= 11 is 3.42. The Hall–Kier alpha value is -2.97. The van der Waals surface area contributed by atoms with E-state index in [9.17, 15) is 4.79 Å². The molecule has 2 atom stereocenters. The van der Waals surface area contributed by atoms with Crippen LogP contribution in [0.15, 0.2) is 63.9 Å². The summed E-state index contributed by atoms with van der Waals surface area (Å²) in [6.07, 6.45) is 4.37. The quantitative estimate of drug-likeness (QED) is 0.602. The lowest BCUT2D eigenvalue weighted by atomic mass is 9.97. The van der Waals surface area contributed by atoms with Crippen LogP contribution >= 0.6 is 15.9 Å². The van der Waals surface area contributed by atoms with Crippen molar-refractivity contribution >= 4 is 21.8 Å². The van der Waals surface area contributed by atoms with Gasteiger partial charge in [0.25, 0.3) is 5.91 Å². The highest BCUT2D eigenvalue weighted by atomic mass is 79.9. The molecule has 7 nitrogen and oxygen atoms in total. The summed E-state index contributed by atoms with van der Waals surface area (Å²) in [5.74, 6) is 0.931. The Morgan fingerprint density at radius 2 is 1.94 bits per heavy atom. The van der Waals surface area contributed by atoms with Crippen LogP contribution in [0, 0.1) is 13.8 Å². The first-order chi connectivity index (χ1) is 15.0. The molecule has 1 aromatic heterocycles. The van der Waals surface area contributed by atoms with Gasteiger partial charge in [-0.2, -0.15) is 4.98 Å². The first kappa shape index (κ1) is 20.0. The number of carbonyl (C=O) groups excluding carboxylic acids is 1. The number of nitrogens with zero attached hydrogens (tertiary/aromatic N) is 4. The summed E-state index contributed by atoms with van der Waals surface area (Å²) in [5.41, 5.74) is 8.02. The van der Waals surface area contributed by atoms with Crippen LogP contribution in [-0.4, -0.2) is 32.0 Å². The molecule has 2 unspecified atom stereocenters. The number of carbonyl (C=O) groups is 1. The average molecular weight is 480 g/mol. The van der Waals surface area contributed by atoms with Gasteiger partial charge in [-0.1, -0.05) is 39.3 Å². The summed E-state index contributed by atoms with van der Waals surface area (Å²) in [6, 6.07) is 14.0. The van der Waals surface area contributed by atoms with Crippen LogP contribution in [0.25, 0.3) is 11.4 Å². The van der Waals surface area contributed by atoms with E-state index in [1.807, 2.05) is 35.5 Å². The van der Waals surface area contributed by atoms with Gasteiger partial charge in [0, 0.05) is 22.4 Å². The number of aryl methyl sites for hydroxylation is 2. The minimum Gasteiger partial charge on any atom is -0.337 e. The molecule has 0 saturated carbocycles. The van der Waals surface area contributed by atoms with Crippen LogP contribution in [0.2, 0.25) is 0 Å². The molecule has 1 amide bonds. The second-order valence-electron chi connectivity index (χ2n) is 7.97. The molecule has 158 valence electrons. The molecule has 3 aromatic rings. The molecule has 1 fully saturated rings. The maximum atomic E-state index is 13.1. The maximum Gasteiger partial charge on any atom is 0.251 e. The molecule has 0 radical (unpaired) electrons. The highest BCUT2D eigenvalue weighted by molar-refractivity contribution is 9.10. The van der Waals surface area contributed by atoms with Gasteiger partial charge in [-0.3, -0.25) is 4.79 Å². The summed E-state index contributed by atoms with van der Waals surface area (Å²) in [4.78, 5) is 19.2. The summed E-state index contributed by atoms with van der Waals surface area (Å²) < 4.78 is 6.38. The first-order valence-electron chi connectivity index (χ1n) is 10.2. The van der Waals surface area contributed by atoms with Gasteiger partial charge < -0.3 is 14.4 Å². The summed E-state index contributed by atoms with van der Waals surface area (Å²) in [6.45, 7) is 4.46. The van der Waals surface area contributed by atoms with Crippen molar-refractivity contribution in [2.75, 3.05) is 0 Å². The highest BCUT2D eigenvalue weighted by Gasteiger charge is 2.40. The van der Waals surface area contributed by atoms with Gasteiger partial charge in [0.2, 0.25) is 11.7 Å². The number of nitrogens with one attached hydrogen (secondary N) is 1. The Balaban J connectivity index is 1.28. The SMILES string of the molecule is Cc1ccc(C2CC3C(=O)N(Cc4nc(-c5ccc(Br)cc5)no4)C=CN3N2)cc1C. The molecule has 1 N–H and O–H groups in total. The fraction of sp³-hybridized carbons (Fsp3) is 0.261. The third-order valence-corrected chi connectivity index (χ3v) is 6.41. The van der Waals surface area contributed by atoms with Crippen LogP contribution < -0.4 is 5.43 Å². The lowest BCUT2D eigenvalue weighted by molar-refractivity contribution is -0.135. The second kappa shape index (κ2) is 7.94. The molecule has 31 heavy (non-hydrogen) atoms. The lowest BCUT2D eigenvalue weighted by Gasteiger charge is -2.30. The molecule has 3 heterocycles. The Morgan fingerprint density at radius 1 is 1.13 bits per heavy atom. The number of hydrazine groups is 1. The van der Waals surface area contributed by atoms with Crippen molar-refractivity contribution in [2.24, 2.45) is 0 Å². The number of hydrogen-bond donors (Lipinski definition) is 1. The summed E-state index contributed by atoms with van der Waals surface area (Å²) in [7, 11) is 0. The standard InChI is InChI=1S/C23H22BrN5O2/c1-14-3-4-17(11-15(14)2)19-12-20-23(30)28(9-10-29(20)26-19)13-21-25-22(27-31-21)16-5-7-18(24)8-6-16/h3-11,19-20,26H,12-13H2,1-2H3. The zero-order valence-electron chi connectivity index (χ0n) is 17.2. The number of benzene rings is 2. The van der Waals surface area contributed by atoms with Crippen molar-refractivity contribution in [1.82, 2.24) is 25.5 Å². The lowest BCUT2D eigenvalue weighted by Crippen LogP contribution is -2.47. The predicted octanol–water partition coefficient (Wildman–Crippen LogP) is 4.25. The van der Waals surface area contributed by atoms with E-state index in [2.05, 4.69) is 63.5 Å². The smallest absolute Gasteiger partial charge is 0.251 e. The van der Waals surface area contributed by atoms with E-state index in [1.165, 1.54) is 16.7 Å². The average Bonchev–Trinajstić information content (AvgIpc) is 3.40. The molecular formula is C23H22BrN5O2. The number of fused-ring (bicyclic) bond motifs is 1. The van der Waals surface area contributed by atoms with E-state index in [1.54, 1.807) is 11.1 Å². The fourth-order valence-corrected chi connectivity index (χ4v) is 4.21. The highest BCUT2D eigenvalue weighted by Crippen LogP contribution is 2.32. The number of hydrogen-bond acceptors (Lipinski definition) is 6. The molecule has 0 bridgehead atoms. The molecule has 2 aromatic carbocycles. The third kappa shape index (κ3) is 3.88. The Bertz CT molecular complexity index is 1160. The van der Waals surface area contributed by atoms with Gasteiger partial charge in [0.1, 0.15) is 12.6 Å². The largest absolute Gasteiger partial charge is 0.337 e. The van der Waals surface area contributed by atoms with Gasteiger partial charge in [0.05, 0.1) is 6.04 Å². The molecule has 0 spiro atoms. The van der Waals surface area contributed by atoms with Crippen molar-refractivity contribution < 1.29 is 9.32 Å². The van der Waals surface area contributed by atoms with Crippen molar-refractivity contribution in [3.8, 4) is 11.4 Å². The molecule has 1 saturated heterocycles. The second-order valence-corrected chi connectivity index (χ2v) is 8.88. The first-order valence-corrected chi connectivity index (χ1v) is 11.0. The van der Waals surface area contributed by atoms with Crippen LogP contribution in [0.4, 0.5) is 0 Å². The fourth-order valence-electron chi connectivity index (χ4n) is 3.95. The minimum absolute atomic E-state index is 0.0183. The van der Waals surface area contributed by atoms with Gasteiger partial charge in [-0.25, -0.2) is 5.43 Å². The Labute approximate surface area is 188 Å². The normalized spacial score (nSPS) is 20.4. The molecule has 0 aliphatic carbocycles. The van der Waals surface area contributed by atoms with Crippen molar-refractivity contribution in [3.05, 3.63) is 81.9 Å². The zero-order valence-corrected chi connectivity index (χ0v) is 18.8. The van der Waals surface area contributed by atoms with E-state index in [-0.39, 0.29) is 24.5 Å². The Morgan fingerprint density at radius 3 is 2.71 bits per heavy atom. The van der Waals surface area contributed by atoms with Gasteiger partial charge in [0.15, 0.2) is 0 Å². The maximum absolute atomic E-state index is 13.1. The van der Waals surface area contributed by atoms with E-state index in [0.29, 0.717) is 18.1 Å². The van der Waals surface area contributed by atoms with E-state index in [0.717, 1.165) is 10.0 Å². The minimum atomic E-state index is -0.259. The number of halogens is 1. The van der Waals surface area contributed by atoms with Crippen LogP contribution in [-0.2, 0) is 11.3 Å². The van der Waals surface area contributed by atoms with Gasteiger partial charge in [-0.15, -0.1) is 0 Å². The van der Waals surface area contributed by atoms with E-state index >= 15 is 0 Å². The van der Waals surface area contributed by atoms with E-state index < -0.39 is 0 Å². The predicted molar refractivity (Wildman–Crippen MR) is 119 cm³/mol. The van der Waals surface area contributed by atoms with Gasteiger partial charge in [-0.05, 0) is 61.2 Å².